The van der Waals surface area contributed by atoms with Gasteiger partial charge in [-0.3, -0.25) is 4.68 Å². The minimum Gasteiger partial charge on any atom is -0.476 e. The first kappa shape index (κ1) is 13.5. The van der Waals surface area contributed by atoms with E-state index in [-0.39, 0.29) is 12.1 Å². The molecule has 0 bridgehead atoms. The second-order valence-electron chi connectivity index (χ2n) is 4.32. The van der Waals surface area contributed by atoms with E-state index < -0.39 is 12.3 Å². The molecule has 0 spiro atoms. The van der Waals surface area contributed by atoms with Crippen molar-refractivity contribution >= 4 is 16.9 Å². The molecule has 0 radical (unpaired) electrons. The largest absolute Gasteiger partial charge is 0.476 e. The molecular formula is C13H15FN2O3. The van der Waals surface area contributed by atoms with Gasteiger partial charge in [0.25, 0.3) is 0 Å². The number of benzene rings is 1. The van der Waals surface area contributed by atoms with Gasteiger partial charge in [0.1, 0.15) is 0 Å². The van der Waals surface area contributed by atoms with Crippen LogP contribution in [0.5, 0.6) is 0 Å². The number of carbonyl (C=O) groups is 1. The van der Waals surface area contributed by atoms with Gasteiger partial charge in [0.15, 0.2) is 12.1 Å². The van der Waals surface area contributed by atoms with E-state index in [0.29, 0.717) is 24.8 Å². The fourth-order valence-electron chi connectivity index (χ4n) is 2.03. The van der Waals surface area contributed by atoms with Gasteiger partial charge in [0.2, 0.25) is 0 Å². The molecule has 0 aliphatic heterocycles. The van der Waals surface area contributed by atoms with Gasteiger partial charge in [-0.1, -0.05) is 18.2 Å². The van der Waals surface area contributed by atoms with Crippen LogP contribution in [0, 0.1) is 0 Å². The van der Waals surface area contributed by atoms with Gasteiger partial charge >= 0.3 is 5.97 Å². The van der Waals surface area contributed by atoms with Crippen molar-refractivity contribution in [1.82, 2.24) is 9.78 Å². The number of aryl methyl sites for hydroxylation is 1. The average Bonchev–Trinajstić information content (AvgIpc) is 2.74. The van der Waals surface area contributed by atoms with Crippen LogP contribution in [-0.2, 0) is 6.54 Å². The number of aromatic nitrogens is 2. The monoisotopic (exact) mass is 266 g/mol. The van der Waals surface area contributed by atoms with Gasteiger partial charge in [-0.25, -0.2) is 9.18 Å². The Morgan fingerprint density at radius 2 is 2.11 bits per heavy atom. The molecule has 1 unspecified atom stereocenters. The molecule has 5 nitrogen and oxygen atoms in total. The van der Waals surface area contributed by atoms with Gasteiger partial charge < -0.3 is 10.2 Å². The van der Waals surface area contributed by atoms with E-state index in [2.05, 4.69) is 5.10 Å². The third-order valence-corrected chi connectivity index (χ3v) is 2.92. The van der Waals surface area contributed by atoms with Crippen LogP contribution in [0.2, 0.25) is 0 Å². The van der Waals surface area contributed by atoms with Crippen LogP contribution in [-0.4, -0.2) is 32.3 Å². The highest BCUT2D eigenvalue weighted by molar-refractivity contribution is 6.01. The molecule has 1 heterocycles. The number of fused-ring (bicyclic) bond motifs is 1. The third-order valence-electron chi connectivity index (χ3n) is 2.92. The molecule has 102 valence electrons. The van der Waals surface area contributed by atoms with Crippen molar-refractivity contribution in [3.05, 3.63) is 30.0 Å². The van der Waals surface area contributed by atoms with Crippen LogP contribution in [0.1, 0.15) is 29.8 Å². The maximum absolute atomic E-state index is 12.2. The number of aliphatic hydroxyl groups excluding tert-OH is 1. The maximum atomic E-state index is 12.2. The number of rotatable bonds is 6. The normalized spacial score (nSPS) is 12.7. The molecule has 6 heteroatoms. The van der Waals surface area contributed by atoms with Gasteiger partial charge in [0.05, 0.1) is 5.52 Å². The third kappa shape index (κ3) is 3.08. The zero-order valence-electron chi connectivity index (χ0n) is 10.3. The van der Waals surface area contributed by atoms with Crippen molar-refractivity contribution in [3.8, 4) is 0 Å². The molecule has 0 amide bonds. The summed E-state index contributed by atoms with van der Waals surface area (Å²) in [4.78, 5) is 11.1. The van der Waals surface area contributed by atoms with Gasteiger partial charge in [-0.2, -0.15) is 5.10 Å². The SMILES string of the molecule is O=C(O)c1nn(CCCCC(O)F)c2ccccc12. The lowest BCUT2D eigenvalue weighted by Gasteiger charge is -2.03. The fourth-order valence-corrected chi connectivity index (χ4v) is 2.03. The van der Waals surface area contributed by atoms with Gasteiger partial charge in [-0.05, 0) is 18.9 Å². The summed E-state index contributed by atoms with van der Waals surface area (Å²) in [5.74, 6) is -1.06. The number of aromatic carboxylic acids is 1. The number of hydrogen-bond acceptors (Lipinski definition) is 3. The summed E-state index contributed by atoms with van der Waals surface area (Å²) in [7, 11) is 0. The van der Waals surface area contributed by atoms with Crippen molar-refractivity contribution in [1.29, 1.82) is 0 Å². The number of para-hydroxylation sites is 1. The Kier molecular flexibility index (Phi) is 4.11. The molecule has 2 rings (SSSR count). The Morgan fingerprint density at radius 3 is 2.79 bits per heavy atom. The molecular weight excluding hydrogens is 251 g/mol. The Balaban J connectivity index is 2.16. The van der Waals surface area contributed by atoms with Crippen LogP contribution in [0.3, 0.4) is 0 Å². The average molecular weight is 266 g/mol. The van der Waals surface area contributed by atoms with Crippen LogP contribution >= 0.6 is 0 Å². The van der Waals surface area contributed by atoms with Crippen molar-refractivity contribution in [3.63, 3.8) is 0 Å². The molecule has 1 aromatic carbocycles. The number of carboxylic acid groups (broad SMARTS) is 1. The smallest absolute Gasteiger partial charge is 0.357 e. The van der Waals surface area contributed by atoms with Crippen molar-refractivity contribution in [2.75, 3.05) is 0 Å². The first-order chi connectivity index (χ1) is 9.09. The Bertz CT molecular complexity index is 580. The fraction of sp³-hybridized carbons (Fsp3) is 0.385. The molecule has 0 saturated carbocycles. The Hall–Kier alpha value is -1.95. The van der Waals surface area contributed by atoms with Crippen molar-refractivity contribution in [2.24, 2.45) is 0 Å². The maximum Gasteiger partial charge on any atom is 0.357 e. The highest BCUT2D eigenvalue weighted by Gasteiger charge is 2.15. The number of hydrogen-bond donors (Lipinski definition) is 2. The van der Waals surface area contributed by atoms with Crippen LogP contribution in [0.25, 0.3) is 10.9 Å². The molecule has 1 atom stereocenters. The van der Waals surface area contributed by atoms with Gasteiger partial charge in [0, 0.05) is 18.4 Å². The van der Waals surface area contributed by atoms with Crippen molar-refractivity contribution < 1.29 is 19.4 Å². The summed E-state index contributed by atoms with van der Waals surface area (Å²) in [5.41, 5.74) is 0.779. The van der Waals surface area contributed by atoms with E-state index in [1.165, 1.54) is 0 Å². The summed E-state index contributed by atoms with van der Waals surface area (Å²) in [6.07, 6.45) is -0.547. The summed E-state index contributed by atoms with van der Waals surface area (Å²) in [5, 5.41) is 22.3. The molecule has 0 fully saturated rings. The number of unbranched alkanes of at least 4 members (excludes halogenated alkanes) is 1. The van der Waals surface area contributed by atoms with E-state index in [9.17, 15) is 9.18 Å². The van der Waals surface area contributed by atoms with Crippen LogP contribution < -0.4 is 0 Å². The van der Waals surface area contributed by atoms with E-state index in [0.717, 1.165) is 5.52 Å². The Labute approximate surface area is 109 Å². The van der Waals surface area contributed by atoms with E-state index in [1.807, 2.05) is 6.07 Å². The lowest BCUT2D eigenvalue weighted by molar-refractivity contribution is 0.0321. The zero-order valence-corrected chi connectivity index (χ0v) is 10.3. The van der Waals surface area contributed by atoms with Gasteiger partial charge in [-0.15, -0.1) is 0 Å². The topological polar surface area (TPSA) is 75.3 Å². The first-order valence-electron chi connectivity index (χ1n) is 6.10. The summed E-state index contributed by atoms with van der Waals surface area (Å²) in [6.45, 7) is 0.501. The summed E-state index contributed by atoms with van der Waals surface area (Å²) < 4.78 is 13.9. The first-order valence-corrected chi connectivity index (χ1v) is 6.10. The van der Waals surface area contributed by atoms with Crippen LogP contribution in [0.15, 0.2) is 24.3 Å². The minimum atomic E-state index is -1.79. The van der Waals surface area contributed by atoms with E-state index in [1.54, 1.807) is 22.9 Å². The number of alkyl halides is 1. The summed E-state index contributed by atoms with van der Waals surface area (Å²) >= 11 is 0. The van der Waals surface area contributed by atoms with E-state index in [4.69, 9.17) is 10.2 Å². The lowest BCUT2D eigenvalue weighted by atomic mass is 10.2. The highest BCUT2D eigenvalue weighted by Crippen LogP contribution is 2.19. The highest BCUT2D eigenvalue weighted by atomic mass is 19.1. The number of halogens is 1. The zero-order chi connectivity index (χ0) is 13.8. The molecule has 0 aliphatic rings. The predicted molar refractivity (Wildman–Crippen MR) is 67.7 cm³/mol. The second-order valence-corrected chi connectivity index (χ2v) is 4.32. The Morgan fingerprint density at radius 1 is 1.37 bits per heavy atom. The molecule has 0 aliphatic carbocycles. The van der Waals surface area contributed by atoms with E-state index >= 15 is 0 Å². The van der Waals surface area contributed by atoms with Crippen LogP contribution in [0.4, 0.5) is 4.39 Å². The molecule has 19 heavy (non-hydrogen) atoms. The second kappa shape index (κ2) is 5.79. The molecule has 2 aromatic rings. The standard InChI is InChI=1S/C13H15FN2O3/c14-11(17)7-3-4-8-16-10-6-2-1-5-9(10)12(15-16)13(18)19/h1-2,5-6,11,17H,3-4,7-8H2,(H,18,19). The number of carboxylic acids is 1. The number of nitrogens with zero attached hydrogens (tertiary/aromatic N) is 2. The minimum absolute atomic E-state index is 0.0288. The molecule has 1 aromatic heterocycles. The number of aliphatic hydroxyl groups is 1. The summed E-state index contributed by atoms with van der Waals surface area (Å²) in [6, 6.07) is 7.10. The predicted octanol–water partition coefficient (Wildman–Crippen LogP) is 2.19. The quantitative estimate of drug-likeness (QED) is 0.786. The molecule has 2 N–H and O–H groups in total. The lowest BCUT2D eigenvalue weighted by Crippen LogP contribution is -2.04. The van der Waals surface area contributed by atoms with Crippen molar-refractivity contribution in [2.45, 2.75) is 32.2 Å². The molecule has 0 saturated heterocycles.